The number of hydrogen-bond donors (Lipinski definition) is 1. The van der Waals surface area contributed by atoms with E-state index in [1.165, 1.54) is 0 Å². The quantitative estimate of drug-likeness (QED) is 0.791. The van der Waals surface area contributed by atoms with Crippen LogP contribution in [0.4, 0.5) is 5.69 Å². The van der Waals surface area contributed by atoms with Crippen molar-refractivity contribution in [3.05, 3.63) is 28.2 Å². The van der Waals surface area contributed by atoms with Gasteiger partial charge >= 0.3 is 0 Å². The van der Waals surface area contributed by atoms with E-state index < -0.39 is 6.04 Å². The van der Waals surface area contributed by atoms with Crippen molar-refractivity contribution in [1.29, 1.82) is 5.26 Å². The van der Waals surface area contributed by atoms with Gasteiger partial charge in [0.25, 0.3) is 0 Å². The van der Waals surface area contributed by atoms with Crippen LogP contribution in [-0.2, 0) is 9.59 Å². The summed E-state index contributed by atoms with van der Waals surface area (Å²) in [5.41, 5.74) is 1.02. The van der Waals surface area contributed by atoms with Crippen molar-refractivity contribution in [2.24, 2.45) is 0 Å². The first-order chi connectivity index (χ1) is 8.52. The second kappa shape index (κ2) is 4.78. The van der Waals surface area contributed by atoms with E-state index in [0.717, 1.165) is 4.47 Å². The molecule has 1 fully saturated rings. The Hall–Kier alpha value is -1.87. The summed E-state index contributed by atoms with van der Waals surface area (Å²) in [6, 6.07) is 6.72. The number of rotatable bonds is 1. The molecule has 0 saturated carbocycles. The lowest BCUT2D eigenvalue weighted by atomic mass is 10.1. The zero-order valence-corrected chi connectivity index (χ0v) is 11.2. The summed E-state index contributed by atoms with van der Waals surface area (Å²) >= 11 is 3.32. The number of carbonyl (C=O) groups is 2. The Balaban J connectivity index is 2.47. The maximum atomic E-state index is 11.6. The summed E-state index contributed by atoms with van der Waals surface area (Å²) in [5.74, 6) is -0.711. The first-order valence-electron chi connectivity index (χ1n) is 5.33. The van der Waals surface area contributed by atoms with E-state index in [2.05, 4.69) is 27.3 Å². The zero-order valence-electron chi connectivity index (χ0n) is 9.61. The van der Waals surface area contributed by atoms with Gasteiger partial charge in [0, 0.05) is 4.47 Å². The normalized spacial score (nSPS) is 19.4. The molecule has 0 radical (unpaired) electrons. The van der Waals surface area contributed by atoms with Gasteiger partial charge in [-0.2, -0.15) is 5.26 Å². The number of piperazine rings is 1. The highest BCUT2D eigenvalue weighted by Crippen LogP contribution is 2.27. The van der Waals surface area contributed by atoms with E-state index in [9.17, 15) is 9.59 Å². The summed E-state index contributed by atoms with van der Waals surface area (Å²) in [6.45, 7) is 1.77. The molecule has 1 N–H and O–H groups in total. The molecule has 1 aliphatic heterocycles. The number of imide groups is 1. The molecule has 1 aliphatic rings. The molecule has 18 heavy (non-hydrogen) atoms. The van der Waals surface area contributed by atoms with Crippen molar-refractivity contribution in [1.82, 2.24) is 5.32 Å². The average Bonchev–Trinajstić information content (AvgIpc) is 2.33. The van der Waals surface area contributed by atoms with Crippen LogP contribution in [0.15, 0.2) is 22.7 Å². The van der Waals surface area contributed by atoms with Gasteiger partial charge in [-0.15, -0.1) is 0 Å². The molecule has 1 heterocycles. The molecule has 1 atom stereocenters. The first-order valence-corrected chi connectivity index (χ1v) is 6.12. The van der Waals surface area contributed by atoms with Gasteiger partial charge < -0.3 is 4.90 Å². The third kappa shape index (κ3) is 2.22. The second-order valence-corrected chi connectivity index (χ2v) is 4.91. The van der Waals surface area contributed by atoms with Gasteiger partial charge in [0.15, 0.2) is 0 Å². The third-order valence-corrected chi connectivity index (χ3v) is 3.31. The van der Waals surface area contributed by atoms with Crippen molar-refractivity contribution < 1.29 is 9.59 Å². The minimum absolute atomic E-state index is 0.0675. The monoisotopic (exact) mass is 307 g/mol. The molecule has 1 aromatic rings. The zero-order chi connectivity index (χ0) is 13.3. The molecule has 0 aromatic heterocycles. The number of amides is 2. The van der Waals surface area contributed by atoms with Crippen LogP contribution in [0, 0.1) is 11.3 Å². The van der Waals surface area contributed by atoms with Gasteiger partial charge in [-0.1, -0.05) is 15.9 Å². The highest BCUT2D eigenvalue weighted by Gasteiger charge is 2.31. The molecule has 1 saturated heterocycles. The van der Waals surface area contributed by atoms with E-state index in [0.29, 0.717) is 11.3 Å². The molecule has 0 spiro atoms. The van der Waals surface area contributed by atoms with Crippen LogP contribution in [0.2, 0.25) is 0 Å². The van der Waals surface area contributed by atoms with Gasteiger partial charge in [-0.05, 0) is 25.1 Å². The minimum atomic E-state index is -0.482. The Bertz CT molecular complexity index is 565. The number of nitrogens with zero attached hydrogens (tertiary/aromatic N) is 2. The molecule has 6 heteroatoms. The van der Waals surface area contributed by atoms with Crippen molar-refractivity contribution in [3.8, 4) is 6.07 Å². The maximum absolute atomic E-state index is 11.6. The standard InChI is InChI=1S/C12H10BrN3O2/c1-7-12(18)15-11(17)6-16(7)10-4-9(13)3-2-8(10)5-14/h2-4,7H,6H2,1H3,(H,15,17,18). The molecular weight excluding hydrogens is 298 g/mol. The average molecular weight is 308 g/mol. The van der Waals surface area contributed by atoms with E-state index in [1.54, 1.807) is 30.0 Å². The molecule has 2 rings (SSSR count). The number of nitriles is 1. The molecule has 0 bridgehead atoms. The SMILES string of the molecule is CC1C(=O)NC(=O)CN1c1cc(Br)ccc1C#N. The van der Waals surface area contributed by atoms with Gasteiger partial charge in [0.1, 0.15) is 12.1 Å². The Kier molecular flexibility index (Phi) is 3.34. The van der Waals surface area contributed by atoms with Gasteiger partial charge in [-0.25, -0.2) is 0 Å². The predicted molar refractivity (Wildman–Crippen MR) is 68.8 cm³/mol. The number of hydrogen-bond acceptors (Lipinski definition) is 4. The highest BCUT2D eigenvalue weighted by atomic mass is 79.9. The van der Waals surface area contributed by atoms with E-state index in [-0.39, 0.29) is 18.4 Å². The molecule has 0 aliphatic carbocycles. The fourth-order valence-electron chi connectivity index (χ4n) is 1.85. The number of carbonyl (C=O) groups excluding carboxylic acids is 2. The van der Waals surface area contributed by atoms with Crippen molar-refractivity contribution >= 4 is 33.4 Å². The fraction of sp³-hybridized carbons (Fsp3) is 0.250. The molecule has 1 unspecified atom stereocenters. The van der Waals surface area contributed by atoms with Crippen LogP contribution in [0.25, 0.3) is 0 Å². The largest absolute Gasteiger partial charge is 0.349 e. The lowest BCUT2D eigenvalue weighted by molar-refractivity contribution is -0.132. The summed E-state index contributed by atoms with van der Waals surface area (Å²) in [4.78, 5) is 24.7. The molecule has 92 valence electrons. The highest BCUT2D eigenvalue weighted by molar-refractivity contribution is 9.10. The third-order valence-electron chi connectivity index (χ3n) is 2.81. The van der Waals surface area contributed by atoms with E-state index in [1.807, 2.05) is 0 Å². The second-order valence-electron chi connectivity index (χ2n) is 3.99. The van der Waals surface area contributed by atoms with Crippen molar-refractivity contribution in [2.75, 3.05) is 11.4 Å². The number of halogens is 1. The maximum Gasteiger partial charge on any atom is 0.249 e. The fourth-order valence-corrected chi connectivity index (χ4v) is 2.19. The summed E-state index contributed by atoms with van der Waals surface area (Å²) in [5, 5.41) is 11.3. The molecule has 2 amide bonds. The molecule has 1 aromatic carbocycles. The van der Waals surface area contributed by atoms with Crippen LogP contribution in [0.3, 0.4) is 0 Å². The van der Waals surface area contributed by atoms with Crippen LogP contribution in [0.5, 0.6) is 0 Å². The Morgan fingerprint density at radius 3 is 2.89 bits per heavy atom. The number of benzene rings is 1. The van der Waals surface area contributed by atoms with Gasteiger partial charge in [0.05, 0.1) is 17.8 Å². The lowest BCUT2D eigenvalue weighted by Gasteiger charge is -2.34. The predicted octanol–water partition coefficient (Wildman–Crippen LogP) is 1.17. The smallest absolute Gasteiger partial charge is 0.249 e. The Morgan fingerprint density at radius 2 is 2.22 bits per heavy atom. The minimum Gasteiger partial charge on any atom is -0.349 e. The topological polar surface area (TPSA) is 73.2 Å². The number of nitrogens with one attached hydrogen (secondary N) is 1. The van der Waals surface area contributed by atoms with Gasteiger partial charge in [0.2, 0.25) is 11.8 Å². The summed E-state index contributed by atoms with van der Waals surface area (Å²) < 4.78 is 0.794. The van der Waals surface area contributed by atoms with E-state index in [4.69, 9.17) is 5.26 Å². The van der Waals surface area contributed by atoms with Crippen LogP contribution in [-0.4, -0.2) is 24.4 Å². The molecule has 5 nitrogen and oxygen atoms in total. The van der Waals surface area contributed by atoms with Crippen LogP contribution in [0.1, 0.15) is 12.5 Å². The Morgan fingerprint density at radius 1 is 1.50 bits per heavy atom. The molecular formula is C12H10BrN3O2. The lowest BCUT2D eigenvalue weighted by Crippen LogP contribution is -2.57. The first kappa shape index (κ1) is 12.6. The van der Waals surface area contributed by atoms with Gasteiger partial charge in [-0.3, -0.25) is 14.9 Å². The van der Waals surface area contributed by atoms with E-state index >= 15 is 0 Å². The number of anilines is 1. The summed E-state index contributed by atoms with van der Waals surface area (Å²) in [6.07, 6.45) is 0. The Labute approximate surface area is 113 Å². The van der Waals surface area contributed by atoms with Crippen LogP contribution >= 0.6 is 15.9 Å². The summed E-state index contributed by atoms with van der Waals surface area (Å²) in [7, 11) is 0. The van der Waals surface area contributed by atoms with Crippen molar-refractivity contribution in [2.45, 2.75) is 13.0 Å². The van der Waals surface area contributed by atoms with Crippen LogP contribution < -0.4 is 10.2 Å². The van der Waals surface area contributed by atoms with Crippen molar-refractivity contribution in [3.63, 3.8) is 0 Å².